The van der Waals surface area contributed by atoms with Crippen LogP contribution >= 0.6 is 12.4 Å². The number of benzene rings is 1. The number of nitrogens with zero attached hydrogens (tertiary/aromatic N) is 1. The van der Waals surface area contributed by atoms with E-state index in [2.05, 4.69) is 10.0 Å². The third-order valence-corrected chi connectivity index (χ3v) is 6.18. The summed E-state index contributed by atoms with van der Waals surface area (Å²) < 4.78 is 26.7. The second-order valence-electron chi connectivity index (χ2n) is 6.52. The summed E-state index contributed by atoms with van der Waals surface area (Å²) in [5, 5.41) is 3.25. The van der Waals surface area contributed by atoms with Gasteiger partial charge in [-0.15, -0.1) is 12.4 Å². The van der Waals surface area contributed by atoms with Crippen molar-refractivity contribution in [2.45, 2.75) is 19.3 Å². The Morgan fingerprint density at radius 2 is 1.81 bits per heavy atom. The molecule has 1 aromatic carbocycles. The molecule has 0 saturated carbocycles. The van der Waals surface area contributed by atoms with E-state index < -0.39 is 10.0 Å². The molecule has 0 bridgehead atoms. The Bertz CT molecular complexity index is 728. The monoisotopic (exact) mass is 401 g/mol. The molecule has 1 fully saturated rings. The maximum Gasteiger partial charge on any atom is 0.261 e. The van der Waals surface area contributed by atoms with Crippen LogP contribution in [0.2, 0.25) is 0 Å². The summed E-state index contributed by atoms with van der Waals surface area (Å²) in [6.07, 6.45) is 2.14. The van der Waals surface area contributed by atoms with E-state index in [4.69, 9.17) is 0 Å². The number of halogens is 1. The molecule has 2 aliphatic heterocycles. The smallest absolute Gasteiger partial charge is 0.261 e. The molecule has 2 amide bonds. The number of rotatable bonds is 8. The number of carbonyl (C=O) groups excluding carboxylic acids is 2. The van der Waals surface area contributed by atoms with Gasteiger partial charge in [0.05, 0.1) is 16.9 Å². The minimum Gasteiger partial charge on any atom is -0.316 e. The van der Waals surface area contributed by atoms with Crippen molar-refractivity contribution >= 4 is 34.2 Å². The molecule has 1 unspecified atom stereocenters. The number of amides is 2. The number of hydrogen-bond acceptors (Lipinski definition) is 5. The molecule has 3 rings (SSSR count). The van der Waals surface area contributed by atoms with Crippen molar-refractivity contribution in [2.75, 3.05) is 31.9 Å². The minimum absolute atomic E-state index is 0. The second-order valence-corrected chi connectivity index (χ2v) is 8.45. The first-order valence-corrected chi connectivity index (χ1v) is 10.3. The highest BCUT2D eigenvalue weighted by Crippen LogP contribution is 2.22. The number of fused-ring (bicyclic) bond motifs is 1. The van der Waals surface area contributed by atoms with Gasteiger partial charge in [-0.3, -0.25) is 14.5 Å². The third kappa shape index (κ3) is 4.82. The molecular formula is C17H24ClN3O4S. The number of imide groups is 1. The summed E-state index contributed by atoms with van der Waals surface area (Å²) in [5.74, 6) is -0.260. The fourth-order valence-corrected chi connectivity index (χ4v) is 4.39. The van der Waals surface area contributed by atoms with E-state index in [1.807, 2.05) is 0 Å². The van der Waals surface area contributed by atoms with Crippen LogP contribution in [-0.2, 0) is 10.0 Å². The molecule has 1 atom stereocenters. The lowest BCUT2D eigenvalue weighted by atomic mass is 10.1. The Balaban J connectivity index is 0.00000243. The Morgan fingerprint density at radius 3 is 2.38 bits per heavy atom. The summed E-state index contributed by atoms with van der Waals surface area (Å²) in [5.41, 5.74) is 0.775. The first kappa shape index (κ1) is 20.8. The van der Waals surface area contributed by atoms with Crippen molar-refractivity contribution < 1.29 is 18.0 Å². The largest absolute Gasteiger partial charge is 0.316 e. The Kier molecular flexibility index (Phi) is 7.16. The van der Waals surface area contributed by atoms with E-state index in [1.54, 1.807) is 24.3 Å². The van der Waals surface area contributed by atoms with Crippen LogP contribution < -0.4 is 10.0 Å². The predicted octanol–water partition coefficient (Wildman–Crippen LogP) is 1.01. The molecule has 0 aliphatic carbocycles. The summed E-state index contributed by atoms with van der Waals surface area (Å²) >= 11 is 0. The Hall–Kier alpha value is -1.48. The van der Waals surface area contributed by atoms with Gasteiger partial charge in [0.25, 0.3) is 11.8 Å². The van der Waals surface area contributed by atoms with Gasteiger partial charge in [-0.25, -0.2) is 13.1 Å². The normalized spacial score (nSPS) is 19.5. The summed E-state index contributed by atoms with van der Waals surface area (Å²) in [4.78, 5) is 25.6. The highest BCUT2D eigenvalue weighted by molar-refractivity contribution is 7.89. The molecule has 9 heteroatoms. The highest BCUT2D eigenvalue weighted by atomic mass is 35.5. The molecule has 26 heavy (non-hydrogen) atoms. The molecule has 0 spiro atoms. The van der Waals surface area contributed by atoms with E-state index in [1.165, 1.54) is 0 Å². The molecule has 144 valence electrons. The zero-order valence-electron chi connectivity index (χ0n) is 14.4. The van der Waals surface area contributed by atoms with Crippen LogP contribution in [0.15, 0.2) is 24.3 Å². The number of nitrogens with one attached hydrogen (secondary N) is 2. The van der Waals surface area contributed by atoms with E-state index in [0.29, 0.717) is 23.6 Å². The van der Waals surface area contributed by atoms with Crippen molar-refractivity contribution in [1.82, 2.24) is 14.9 Å². The molecular weight excluding hydrogens is 378 g/mol. The Labute approximate surface area is 160 Å². The maximum absolute atomic E-state index is 12.2. The molecule has 1 saturated heterocycles. The van der Waals surface area contributed by atoms with E-state index >= 15 is 0 Å². The van der Waals surface area contributed by atoms with Crippen LogP contribution in [0.5, 0.6) is 0 Å². The fraction of sp³-hybridized carbons (Fsp3) is 0.529. The minimum atomic E-state index is -3.39. The maximum atomic E-state index is 12.2. The van der Waals surface area contributed by atoms with Crippen LogP contribution in [0.4, 0.5) is 0 Å². The standard InChI is InChI=1S/C17H23N3O4S.ClH/c21-16-14-4-1-2-5-15(14)17(22)20(16)10-3-11-25(23,24)19-9-7-13-6-8-18-12-13;/h1-2,4-5,13,18-19H,3,6-12H2;1H. The molecule has 1 aromatic rings. The van der Waals surface area contributed by atoms with Crippen LogP contribution in [0.3, 0.4) is 0 Å². The molecule has 0 aromatic heterocycles. The molecule has 7 nitrogen and oxygen atoms in total. The van der Waals surface area contributed by atoms with E-state index in [0.717, 1.165) is 30.8 Å². The van der Waals surface area contributed by atoms with Gasteiger partial charge in [-0.05, 0) is 50.4 Å². The van der Waals surface area contributed by atoms with Crippen molar-refractivity contribution in [3.8, 4) is 0 Å². The van der Waals surface area contributed by atoms with Gasteiger partial charge in [-0.2, -0.15) is 0 Å². The topological polar surface area (TPSA) is 95.6 Å². The summed E-state index contributed by atoms with van der Waals surface area (Å²) in [6.45, 7) is 2.49. The van der Waals surface area contributed by atoms with Gasteiger partial charge < -0.3 is 5.32 Å². The number of carbonyl (C=O) groups is 2. The fourth-order valence-electron chi connectivity index (χ4n) is 3.31. The van der Waals surface area contributed by atoms with Gasteiger partial charge in [-0.1, -0.05) is 12.1 Å². The van der Waals surface area contributed by atoms with E-state index in [9.17, 15) is 18.0 Å². The van der Waals surface area contributed by atoms with Crippen LogP contribution in [0.25, 0.3) is 0 Å². The second kappa shape index (κ2) is 8.94. The van der Waals surface area contributed by atoms with Crippen LogP contribution in [0.1, 0.15) is 40.0 Å². The average molecular weight is 402 g/mol. The molecule has 2 heterocycles. The first-order valence-electron chi connectivity index (χ1n) is 8.61. The average Bonchev–Trinajstić information content (AvgIpc) is 3.18. The van der Waals surface area contributed by atoms with Crippen molar-refractivity contribution in [2.24, 2.45) is 5.92 Å². The molecule has 0 radical (unpaired) electrons. The van der Waals surface area contributed by atoms with E-state index in [-0.39, 0.29) is 42.9 Å². The van der Waals surface area contributed by atoms with Crippen molar-refractivity contribution in [3.05, 3.63) is 35.4 Å². The van der Waals surface area contributed by atoms with Crippen LogP contribution in [0, 0.1) is 5.92 Å². The van der Waals surface area contributed by atoms with Gasteiger partial charge in [0.15, 0.2) is 0 Å². The number of sulfonamides is 1. The van der Waals surface area contributed by atoms with Crippen molar-refractivity contribution in [1.29, 1.82) is 0 Å². The quantitative estimate of drug-likeness (QED) is 0.634. The van der Waals surface area contributed by atoms with Crippen LogP contribution in [-0.4, -0.2) is 57.1 Å². The zero-order valence-corrected chi connectivity index (χ0v) is 16.1. The third-order valence-electron chi connectivity index (χ3n) is 4.71. The Morgan fingerprint density at radius 1 is 1.15 bits per heavy atom. The number of hydrogen-bond donors (Lipinski definition) is 2. The van der Waals surface area contributed by atoms with Gasteiger partial charge in [0.2, 0.25) is 10.0 Å². The lowest BCUT2D eigenvalue weighted by molar-refractivity contribution is 0.0654. The van der Waals surface area contributed by atoms with Gasteiger partial charge in [0, 0.05) is 13.1 Å². The van der Waals surface area contributed by atoms with Gasteiger partial charge >= 0.3 is 0 Å². The molecule has 2 N–H and O–H groups in total. The van der Waals surface area contributed by atoms with Gasteiger partial charge in [0.1, 0.15) is 0 Å². The SMILES string of the molecule is Cl.O=C1c2ccccc2C(=O)N1CCCS(=O)(=O)NCCC1CCNC1. The molecule has 2 aliphatic rings. The lowest BCUT2D eigenvalue weighted by Crippen LogP contribution is -2.34. The predicted molar refractivity (Wildman–Crippen MR) is 101 cm³/mol. The zero-order chi connectivity index (χ0) is 17.9. The lowest BCUT2D eigenvalue weighted by Gasteiger charge is -2.14. The highest BCUT2D eigenvalue weighted by Gasteiger charge is 2.34. The first-order chi connectivity index (χ1) is 12.0. The summed E-state index contributed by atoms with van der Waals surface area (Å²) in [6, 6.07) is 6.65. The van der Waals surface area contributed by atoms with Crippen molar-refractivity contribution in [3.63, 3.8) is 0 Å². The summed E-state index contributed by atoms with van der Waals surface area (Å²) in [7, 11) is -3.39.